The maximum atomic E-state index is 5.61. The molecule has 1 fully saturated rings. The number of rotatable bonds is 10. The molecule has 0 unspecified atom stereocenters. The van der Waals surface area contributed by atoms with E-state index in [0.717, 1.165) is 57.6 Å². The van der Waals surface area contributed by atoms with Crippen LogP contribution < -0.4 is 10.6 Å². The van der Waals surface area contributed by atoms with Gasteiger partial charge < -0.3 is 15.4 Å². The van der Waals surface area contributed by atoms with Crippen molar-refractivity contribution in [1.29, 1.82) is 0 Å². The fourth-order valence-electron chi connectivity index (χ4n) is 2.17. The van der Waals surface area contributed by atoms with Crippen LogP contribution in [-0.2, 0) is 11.3 Å². The molecule has 7 heteroatoms. The molecule has 2 N–H and O–H groups in total. The van der Waals surface area contributed by atoms with E-state index in [1.54, 1.807) is 7.05 Å². The highest BCUT2D eigenvalue weighted by Crippen LogP contribution is 2.28. The number of guanidine groups is 1. The van der Waals surface area contributed by atoms with E-state index in [4.69, 9.17) is 4.74 Å². The van der Waals surface area contributed by atoms with Gasteiger partial charge in [-0.3, -0.25) is 9.67 Å². The van der Waals surface area contributed by atoms with Gasteiger partial charge in [-0.2, -0.15) is 5.10 Å². The molecule has 0 atom stereocenters. The summed E-state index contributed by atoms with van der Waals surface area (Å²) in [6.07, 6.45) is 8.69. The Morgan fingerprint density at radius 3 is 2.70 bits per heavy atom. The highest BCUT2D eigenvalue weighted by Gasteiger charge is 2.20. The Morgan fingerprint density at radius 1 is 1.35 bits per heavy atom. The molecular weight excluding hydrogens is 405 g/mol. The number of aliphatic imine (C=N–C) groups is 1. The lowest BCUT2D eigenvalue weighted by atomic mass is 10.4. The number of ether oxygens (including phenoxy) is 1. The summed E-state index contributed by atoms with van der Waals surface area (Å²) in [5, 5.41) is 10.9. The molecule has 0 saturated heterocycles. The molecule has 2 rings (SSSR count). The van der Waals surface area contributed by atoms with Crippen LogP contribution in [0.25, 0.3) is 0 Å². The quantitative estimate of drug-likeness (QED) is 0.256. The molecule has 0 bridgehead atoms. The van der Waals surface area contributed by atoms with Crippen LogP contribution in [0.15, 0.2) is 17.4 Å². The van der Waals surface area contributed by atoms with Crippen LogP contribution in [0.1, 0.15) is 31.2 Å². The van der Waals surface area contributed by atoms with Crippen molar-refractivity contribution in [3.63, 3.8) is 0 Å². The smallest absolute Gasteiger partial charge is 0.190 e. The Bertz CT molecular complexity index is 459. The first-order chi connectivity index (χ1) is 10.8. The third kappa shape index (κ3) is 9.14. The second kappa shape index (κ2) is 11.7. The molecule has 1 saturated carbocycles. The van der Waals surface area contributed by atoms with Gasteiger partial charge in [-0.05, 0) is 44.1 Å². The van der Waals surface area contributed by atoms with Crippen molar-refractivity contribution in [3.8, 4) is 0 Å². The normalized spacial score (nSPS) is 14.4. The lowest BCUT2D eigenvalue weighted by Crippen LogP contribution is -2.38. The molecule has 0 radical (unpaired) electrons. The molecule has 1 aliphatic carbocycles. The lowest BCUT2D eigenvalue weighted by molar-refractivity contribution is 0.123. The standard InChI is InChI=1S/C16H29N5O.HI/c1-14-11-20-21(12-14)9-3-7-18-16(17-2)19-8-4-10-22-13-15-5-6-15;/h11-12,15H,3-10,13H2,1-2H3,(H2,17,18,19);1H. The van der Waals surface area contributed by atoms with E-state index in [9.17, 15) is 0 Å². The zero-order valence-corrected chi connectivity index (χ0v) is 16.6. The number of hydrogen-bond acceptors (Lipinski definition) is 3. The SMILES string of the molecule is CN=C(NCCCOCC1CC1)NCCCn1cc(C)cn1.I. The summed E-state index contributed by atoms with van der Waals surface area (Å²) >= 11 is 0. The van der Waals surface area contributed by atoms with Crippen molar-refractivity contribution in [2.45, 2.75) is 39.2 Å². The van der Waals surface area contributed by atoms with Crippen molar-refractivity contribution >= 4 is 29.9 Å². The second-order valence-corrected chi connectivity index (χ2v) is 5.93. The van der Waals surface area contributed by atoms with Crippen molar-refractivity contribution in [2.24, 2.45) is 10.9 Å². The van der Waals surface area contributed by atoms with Gasteiger partial charge in [0.05, 0.1) is 6.20 Å². The molecular formula is C16H30IN5O. The zero-order valence-electron chi connectivity index (χ0n) is 14.3. The van der Waals surface area contributed by atoms with Crippen LogP contribution in [0.5, 0.6) is 0 Å². The van der Waals surface area contributed by atoms with Crippen molar-refractivity contribution < 1.29 is 4.74 Å². The fourth-order valence-corrected chi connectivity index (χ4v) is 2.17. The predicted molar refractivity (Wildman–Crippen MR) is 105 cm³/mol. The Kier molecular flexibility index (Phi) is 10.3. The van der Waals surface area contributed by atoms with E-state index in [1.165, 1.54) is 18.4 Å². The Morgan fingerprint density at radius 2 is 2.09 bits per heavy atom. The number of nitrogens with one attached hydrogen (secondary N) is 2. The van der Waals surface area contributed by atoms with Crippen LogP contribution in [0.4, 0.5) is 0 Å². The Hall–Kier alpha value is -0.830. The van der Waals surface area contributed by atoms with Gasteiger partial charge >= 0.3 is 0 Å². The first kappa shape index (κ1) is 20.2. The molecule has 1 aromatic heterocycles. The summed E-state index contributed by atoms with van der Waals surface area (Å²) in [6, 6.07) is 0. The largest absolute Gasteiger partial charge is 0.381 e. The maximum Gasteiger partial charge on any atom is 0.190 e. The average molecular weight is 435 g/mol. The summed E-state index contributed by atoms with van der Waals surface area (Å²) in [6.45, 7) is 6.53. The molecule has 0 aliphatic heterocycles. The van der Waals surface area contributed by atoms with Crippen molar-refractivity contribution in [3.05, 3.63) is 18.0 Å². The third-order valence-electron chi connectivity index (χ3n) is 3.65. The Labute approximate surface area is 156 Å². The van der Waals surface area contributed by atoms with Gasteiger partial charge in [0.25, 0.3) is 0 Å². The van der Waals surface area contributed by atoms with Crippen LogP contribution in [0.2, 0.25) is 0 Å². The minimum absolute atomic E-state index is 0. The number of nitrogens with zero attached hydrogens (tertiary/aromatic N) is 3. The van der Waals surface area contributed by atoms with Gasteiger partial charge in [0.1, 0.15) is 0 Å². The first-order valence-corrected chi connectivity index (χ1v) is 8.29. The second-order valence-electron chi connectivity index (χ2n) is 5.93. The minimum Gasteiger partial charge on any atom is -0.381 e. The number of hydrogen-bond donors (Lipinski definition) is 2. The third-order valence-corrected chi connectivity index (χ3v) is 3.65. The zero-order chi connectivity index (χ0) is 15.6. The summed E-state index contributed by atoms with van der Waals surface area (Å²) in [5.74, 6) is 1.71. The average Bonchev–Trinajstić information content (AvgIpc) is 3.25. The summed E-state index contributed by atoms with van der Waals surface area (Å²) in [5.41, 5.74) is 1.20. The van der Waals surface area contributed by atoms with E-state index in [1.807, 2.05) is 10.9 Å². The molecule has 1 heterocycles. The van der Waals surface area contributed by atoms with Crippen LogP contribution in [-0.4, -0.2) is 49.1 Å². The van der Waals surface area contributed by atoms with Gasteiger partial charge in [-0.1, -0.05) is 0 Å². The summed E-state index contributed by atoms with van der Waals surface area (Å²) in [4.78, 5) is 4.22. The van der Waals surface area contributed by atoms with Gasteiger partial charge in [0.2, 0.25) is 0 Å². The van der Waals surface area contributed by atoms with Crippen LogP contribution in [0.3, 0.4) is 0 Å². The predicted octanol–water partition coefficient (Wildman–Crippen LogP) is 2.18. The monoisotopic (exact) mass is 435 g/mol. The highest BCUT2D eigenvalue weighted by molar-refractivity contribution is 14.0. The maximum absolute atomic E-state index is 5.61. The van der Waals surface area contributed by atoms with Gasteiger partial charge in [-0.15, -0.1) is 24.0 Å². The summed E-state index contributed by atoms with van der Waals surface area (Å²) in [7, 11) is 1.80. The fraction of sp³-hybridized carbons (Fsp3) is 0.750. The number of aryl methyl sites for hydroxylation is 2. The van der Waals surface area contributed by atoms with Crippen LogP contribution in [0, 0.1) is 12.8 Å². The van der Waals surface area contributed by atoms with Crippen molar-refractivity contribution in [1.82, 2.24) is 20.4 Å². The first-order valence-electron chi connectivity index (χ1n) is 8.29. The molecule has 132 valence electrons. The van der Waals surface area contributed by atoms with E-state index in [0.29, 0.717) is 0 Å². The van der Waals surface area contributed by atoms with Gasteiger partial charge in [-0.25, -0.2) is 0 Å². The highest BCUT2D eigenvalue weighted by atomic mass is 127. The minimum atomic E-state index is 0. The number of aromatic nitrogens is 2. The van der Waals surface area contributed by atoms with Crippen LogP contribution >= 0.6 is 24.0 Å². The molecule has 23 heavy (non-hydrogen) atoms. The van der Waals surface area contributed by atoms with E-state index >= 15 is 0 Å². The molecule has 0 amide bonds. The van der Waals surface area contributed by atoms with Crippen molar-refractivity contribution in [2.75, 3.05) is 33.4 Å². The van der Waals surface area contributed by atoms with E-state index < -0.39 is 0 Å². The van der Waals surface area contributed by atoms with Gasteiger partial charge in [0, 0.05) is 46.1 Å². The Balaban J connectivity index is 0.00000264. The molecule has 1 aromatic rings. The van der Waals surface area contributed by atoms with E-state index in [2.05, 4.69) is 33.8 Å². The summed E-state index contributed by atoms with van der Waals surface area (Å²) < 4.78 is 7.59. The topological polar surface area (TPSA) is 63.5 Å². The molecule has 1 aliphatic rings. The van der Waals surface area contributed by atoms with Gasteiger partial charge in [0.15, 0.2) is 5.96 Å². The number of halogens is 1. The molecule has 0 aromatic carbocycles. The van der Waals surface area contributed by atoms with E-state index in [-0.39, 0.29) is 24.0 Å². The lowest BCUT2D eigenvalue weighted by Gasteiger charge is -2.12. The molecule has 6 nitrogen and oxygen atoms in total. The molecule has 0 spiro atoms.